The maximum atomic E-state index is 12.9. The van der Waals surface area contributed by atoms with Crippen molar-refractivity contribution in [3.63, 3.8) is 0 Å². The van der Waals surface area contributed by atoms with Gasteiger partial charge in [0.2, 0.25) is 6.29 Å². The molecule has 0 saturated carbocycles. The molecule has 188 valence electrons. The quantitative estimate of drug-likeness (QED) is 0.301. The molecule has 1 fully saturated rings. The first-order chi connectivity index (χ1) is 17.2. The Bertz CT molecular complexity index is 1570. The van der Waals surface area contributed by atoms with Gasteiger partial charge in [0, 0.05) is 22.9 Å². The van der Waals surface area contributed by atoms with E-state index in [1.807, 2.05) is 0 Å². The van der Waals surface area contributed by atoms with Crippen LogP contribution in [0.1, 0.15) is 6.92 Å². The van der Waals surface area contributed by atoms with Gasteiger partial charge in [0.25, 0.3) is 0 Å². The van der Waals surface area contributed by atoms with Crippen molar-refractivity contribution in [3.05, 3.63) is 63.3 Å². The van der Waals surface area contributed by atoms with E-state index in [1.165, 1.54) is 32.2 Å². The predicted octanol–water partition coefficient (Wildman–Crippen LogP) is 1.49. The van der Waals surface area contributed by atoms with Crippen LogP contribution in [0.5, 0.6) is 17.2 Å². The normalized spacial score (nSPS) is 24.2. The van der Waals surface area contributed by atoms with Crippen LogP contribution in [0, 0.1) is 0 Å². The van der Waals surface area contributed by atoms with Crippen LogP contribution in [0.25, 0.3) is 33.1 Å². The summed E-state index contributed by atoms with van der Waals surface area (Å²) in [5.41, 5.74) is -1.000. The molecule has 5 atom stereocenters. The van der Waals surface area contributed by atoms with E-state index >= 15 is 0 Å². The molecule has 4 N–H and O–H groups in total. The van der Waals surface area contributed by atoms with Crippen LogP contribution in [-0.4, -0.2) is 58.2 Å². The summed E-state index contributed by atoms with van der Waals surface area (Å²) in [5.74, 6) is -0.297. The molecule has 11 nitrogen and oxygen atoms in total. The van der Waals surface area contributed by atoms with Crippen molar-refractivity contribution in [1.29, 1.82) is 0 Å². The molecule has 0 spiro atoms. The van der Waals surface area contributed by atoms with Gasteiger partial charge >= 0.3 is 11.3 Å². The van der Waals surface area contributed by atoms with Crippen molar-refractivity contribution < 1.29 is 43.5 Å². The third-order valence-corrected chi connectivity index (χ3v) is 6.11. The Kier molecular flexibility index (Phi) is 5.92. The SMILES string of the molecule is COc1ccc2ccc(=O)oc2c1-c1cc2cc(O[C@@H]3O[C@@H](C)[C@H](O)[C@@H](O)[C@H]3O)c(O)cc2oc1=O. The molecule has 2 aromatic heterocycles. The second-order valence-corrected chi connectivity index (χ2v) is 8.42. The van der Waals surface area contributed by atoms with Gasteiger partial charge in [-0.3, -0.25) is 0 Å². The molecular weight excluding hydrogens is 476 g/mol. The number of rotatable bonds is 4. The molecule has 0 bridgehead atoms. The van der Waals surface area contributed by atoms with Crippen LogP contribution < -0.4 is 20.7 Å². The summed E-state index contributed by atoms with van der Waals surface area (Å²) in [6.07, 6.45) is -6.70. The highest BCUT2D eigenvalue weighted by molar-refractivity contribution is 5.97. The Morgan fingerprint density at radius 3 is 2.36 bits per heavy atom. The number of phenolic OH excluding ortho intramolecular Hbond substituents is 1. The van der Waals surface area contributed by atoms with E-state index in [0.717, 1.165) is 6.07 Å². The fourth-order valence-corrected chi connectivity index (χ4v) is 4.18. The lowest BCUT2D eigenvalue weighted by molar-refractivity contribution is -0.268. The van der Waals surface area contributed by atoms with Crippen molar-refractivity contribution >= 4 is 21.9 Å². The highest BCUT2D eigenvalue weighted by Crippen LogP contribution is 2.38. The summed E-state index contributed by atoms with van der Waals surface area (Å²) >= 11 is 0. The molecule has 11 heteroatoms. The smallest absolute Gasteiger partial charge is 0.344 e. The van der Waals surface area contributed by atoms with Gasteiger partial charge in [0.05, 0.1) is 24.3 Å². The first-order valence-corrected chi connectivity index (χ1v) is 11.0. The number of phenols is 1. The maximum Gasteiger partial charge on any atom is 0.344 e. The van der Waals surface area contributed by atoms with Gasteiger partial charge in [-0.1, -0.05) is 0 Å². The van der Waals surface area contributed by atoms with Gasteiger partial charge in [-0.15, -0.1) is 0 Å². The van der Waals surface area contributed by atoms with E-state index in [0.29, 0.717) is 10.8 Å². The number of aromatic hydroxyl groups is 1. The lowest BCUT2D eigenvalue weighted by atomic mass is 10.00. The van der Waals surface area contributed by atoms with Gasteiger partial charge in [-0.25, -0.2) is 9.59 Å². The highest BCUT2D eigenvalue weighted by Gasteiger charge is 2.43. The third-order valence-electron chi connectivity index (χ3n) is 6.11. The molecule has 36 heavy (non-hydrogen) atoms. The van der Waals surface area contributed by atoms with Crippen LogP contribution in [0.15, 0.2) is 60.9 Å². The van der Waals surface area contributed by atoms with Crippen molar-refractivity contribution in [3.8, 4) is 28.4 Å². The standard InChI is InChI=1S/C25H22O11/c1-10-20(28)21(29)22(30)25(33-10)35-17-8-12-7-13(24(31)34-16(12)9-14(17)26)19-15(32-2)5-3-11-4-6-18(27)36-23(11)19/h3-10,20-22,25-26,28-30H,1-2H3/t10-,20-,21+,22+,25-/m0/s1. The topological polar surface area (TPSA) is 169 Å². The van der Waals surface area contributed by atoms with Crippen molar-refractivity contribution in [2.45, 2.75) is 37.6 Å². The molecule has 1 aliphatic rings. The van der Waals surface area contributed by atoms with E-state index in [9.17, 15) is 30.0 Å². The Morgan fingerprint density at radius 1 is 0.861 bits per heavy atom. The lowest BCUT2D eigenvalue weighted by Crippen LogP contribution is -2.58. The molecule has 5 rings (SSSR count). The Hall–Kier alpha value is -3.90. The highest BCUT2D eigenvalue weighted by atomic mass is 16.7. The minimum absolute atomic E-state index is 0.0251. The predicted molar refractivity (Wildman–Crippen MR) is 125 cm³/mol. The third kappa shape index (κ3) is 3.97. The fraction of sp³-hybridized carbons (Fsp3) is 0.280. The number of aliphatic hydroxyl groups excluding tert-OH is 3. The zero-order valence-electron chi connectivity index (χ0n) is 19.1. The number of fused-ring (bicyclic) bond motifs is 2. The van der Waals surface area contributed by atoms with Crippen LogP contribution in [-0.2, 0) is 4.74 Å². The van der Waals surface area contributed by atoms with Gasteiger partial charge in [0.1, 0.15) is 35.2 Å². The van der Waals surface area contributed by atoms with Crippen molar-refractivity contribution in [1.82, 2.24) is 0 Å². The molecule has 4 aromatic rings. The van der Waals surface area contributed by atoms with Gasteiger partial charge in [0.15, 0.2) is 11.5 Å². The average Bonchev–Trinajstić information content (AvgIpc) is 2.85. The summed E-state index contributed by atoms with van der Waals surface area (Å²) < 4.78 is 27.2. The van der Waals surface area contributed by atoms with E-state index in [4.69, 9.17) is 23.0 Å². The summed E-state index contributed by atoms with van der Waals surface area (Å²) in [6, 6.07) is 10.1. The minimum Gasteiger partial charge on any atom is -0.504 e. The molecule has 2 aromatic carbocycles. The second-order valence-electron chi connectivity index (χ2n) is 8.42. The first kappa shape index (κ1) is 23.8. The monoisotopic (exact) mass is 498 g/mol. The number of ether oxygens (including phenoxy) is 3. The van der Waals surface area contributed by atoms with E-state index in [-0.39, 0.29) is 33.8 Å². The number of hydrogen-bond donors (Lipinski definition) is 4. The molecule has 0 radical (unpaired) electrons. The second kappa shape index (κ2) is 8.95. The Morgan fingerprint density at radius 2 is 1.61 bits per heavy atom. The van der Waals surface area contributed by atoms with E-state index in [1.54, 1.807) is 18.2 Å². The van der Waals surface area contributed by atoms with Crippen LogP contribution in [0.4, 0.5) is 0 Å². The number of hydrogen-bond acceptors (Lipinski definition) is 11. The van der Waals surface area contributed by atoms with E-state index < -0.39 is 47.7 Å². The lowest BCUT2D eigenvalue weighted by Gasteiger charge is -2.38. The van der Waals surface area contributed by atoms with Gasteiger partial charge in [-0.05, 0) is 37.3 Å². The summed E-state index contributed by atoms with van der Waals surface area (Å²) in [5, 5.41) is 41.5. The summed E-state index contributed by atoms with van der Waals surface area (Å²) in [6.45, 7) is 1.49. The minimum atomic E-state index is -1.60. The largest absolute Gasteiger partial charge is 0.504 e. The molecule has 1 aliphatic heterocycles. The van der Waals surface area contributed by atoms with Gasteiger partial charge < -0.3 is 43.5 Å². The van der Waals surface area contributed by atoms with Crippen LogP contribution in [0.2, 0.25) is 0 Å². The van der Waals surface area contributed by atoms with Crippen molar-refractivity contribution in [2.24, 2.45) is 0 Å². The molecule has 1 saturated heterocycles. The zero-order valence-corrected chi connectivity index (χ0v) is 19.1. The molecule has 0 aliphatic carbocycles. The first-order valence-electron chi connectivity index (χ1n) is 11.0. The Balaban J connectivity index is 1.63. The fourth-order valence-electron chi connectivity index (χ4n) is 4.18. The summed E-state index contributed by atoms with van der Waals surface area (Å²) in [4.78, 5) is 24.8. The molecule has 3 heterocycles. The van der Waals surface area contributed by atoms with Crippen molar-refractivity contribution in [2.75, 3.05) is 7.11 Å². The van der Waals surface area contributed by atoms with Crippen LogP contribution >= 0.6 is 0 Å². The average molecular weight is 498 g/mol. The Labute approximate surface area is 202 Å². The molecule has 0 amide bonds. The molecular formula is C25H22O11. The number of aliphatic hydroxyl groups is 3. The number of benzene rings is 2. The zero-order chi connectivity index (χ0) is 25.7. The van der Waals surface area contributed by atoms with Crippen LogP contribution in [0.3, 0.4) is 0 Å². The summed E-state index contributed by atoms with van der Waals surface area (Å²) in [7, 11) is 1.40. The maximum absolute atomic E-state index is 12.9. The van der Waals surface area contributed by atoms with E-state index in [2.05, 4.69) is 0 Å². The van der Waals surface area contributed by atoms with Gasteiger partial charge in [-0.2, -0.15) is 0 Å². The number of methoxy groups -OCH3 is 1. The molecule has 0 unspecified atom stereocenters.